The van der Waals surface area contributed by atoms with Crippen LogP contribution >= 0.6 is 11.8 Å². The van der Waals surface area contributed by atoms with Crippen molar-refractivity contribution in [2.75, 3.05) is 5.75 Å². The van der Waals surface area contributed by atoms with Gasteiger partial charge in [0, 0.05) is 24.0 Å². The first-order valence-corrected chi connectivity index (χ1v) is 10.8. The van der Waals surface area contributed by atoms with Crippen molar-refractivity contribution >= 4 is 17.5 Å². The van der Waals surface area contributed by atoms with Crippen LogP contribution in [0.15, 0.2) is 78.2 Å². The van der Waals surface area contributed by atoms with Gasteiger partial charge in [0.1, 0.15) is 6.33 Å². The van der Waals surface area contributed by atoms with Crippen LogP contribution in [0.5, 0.6) is 0 Å². The maximum Gasteiger partial charge on any atom is 0.191 e. The minimum Gasteiger partial charge on any atom is -0.337 e. The molecule has 0 unspecified atom stereocenters. The highest BCUT2D eigenvalue weighted by molar-refractivity contribution is 7.99. The molecule has 0 amide bonds. The number of hydrogen-bond donors (Lipinski definition) is 0. The molecule has 152 valence electrons. The van der Waals surface area contributed by atoms with Gasteiger partial charge < -0.3 is 9.13 Å². The maximum absolute atomic E-state index is 13.0. The number of thioether (sulfide) groups is 1. The van der Waals surface area contributed by atoms with E-state index in [1.807, 2.05) is 36.7 Å². The van der Waals surface area contributed by atoms with Crippen molar-refractivity contribution in [2.24, 2.45) is 7.05 Å². The molecule has 30 heavy (non-hydrogen) atoms. The van der Waals surface area contributed by atoms with Gasteiger partial charge in [-0.15, -0.1) is 10.2 Å². The average molecular weight is 417 g/mol. The van der Waals surface area contributed by atoms with E-state index in [4.69, 9.17) is 0 Å². The molecule has 2 heterocycles. The molecule has 0 aliphatic rings. The monoisotopic (exact) mass is 416 g/mol. The predicted octanol–water partition coefficient (Wildman–Crippen LogP) is 4.85. The van der Waals surface area contributed by atoms with Gasteiger partial charge in [0.2, 0.25) is 0 Å². The lowest BCUT2D eigenvalue weighted by molar-refractivity contribution is 0.102. The molecule has 2 aromatic heterocycles. The van der Waals surface area contributed by atoms with E-state index in [1.54, 1.807) is 6.33 Å². The van der Waals surface area contributed by atoms with Crippen molar-refractivity contribution in [1.82, 2.24) is 19.3 Å². The maximum atomic E-state index is 13.0. The summed E-state index contributed by atoms with van der Waals surface area (Å²) in [6, 6.07) is 22.9. The molecule has 6 heteroatoms. The third kappa shape index (κ3) is 3.96. The van der Waals surface area contributed by atoms with Crippen molar-refractivity contribution in [2.45, 2.75) is 25.0 Å². The fraction of sp³-hybridized carbons (Fsp3) is 0.208. The highest BCUT2D eigenvalue weighted by Crippen LogP contribution is 2.32. The van der Waals surface area contributed by atoms with Gasteiger partial charge in [0.05, 0.1) is 11.8 Å². The minimum atomic E-state index is 0.0142. The van der Waals surface area contributed by atoms with E-state index >= 15 is 0 Å². The summed E-state index contributed by atoms with van der Waals surface area (Å²) >= 11 is 1.41. The lowest BCUT2D eigenvalue weighted by Crippen LogP contribution is -2.16. The highest BCUT2D eigenvalue weighted by Gasteiger charge is 2.23. The first-order chi connectivity index (χ1) is 14.6. The molecule has 0 saturated heterocycles. The standard InChI is InChI=1S/C24H24N4OS/c1-17-14-21(22(29)15-30-24-26-25-16-27(24)3)18(2)28(17)23(19-10-6-4-7-11-19)20-12-8-5-9-13-20/h4-14,16,23H,15H2,1-3H3. The van der Waals surface area contributed by atoms with E-state index in [2.05, 4.69) is 70.2 Å². The number of Topliss-reactive ketones (excluding diaryl/α,β-unsaturated/α-hetero) is 1. The van der Waals surface area contributed by atoms with Crippen LogP contribution in [0.25, 0.3) is 0 Å². The van der Waals surface area contributed by atoms with Crippen molar-refractivity contribution in [1.29, 1.82) is 0 Å². The zero-order chi connectivity index (χ0) is 21.1. The third-order valence-electron chi connectivity index (χ3n) is 5.28. The molecule has 0 fully saturated rings. The molecule has 0 aliphatic heterocycles. The van der Waals surface area contributed by atoms with Gasteiger partial charge in [-0.1, -0.05) is 72.4 Å². The van der Waals surface area contributed by atoms with Crippen LogP contribution in [0.1, 0.15) is 38.9 Å². The molecule has 4 aromatic rings. The summed E-state index contributed by atoms with van der Waals surface area (Å²) in [4.78, 5) is 13.0. The lowest BCUT2D eigenvalue weighted by Gasteiger charge is -2.24. The van der Waals surface area contributed by atoms with Crippen LogP contribution in [0.2, 0.25) is 0 Å². The van der Waals surface area contributed by atoms with E-state index in [0.717, 1.165) is 22.1 Å². The summed E-state index contributed by atoms with van der Waals surface area (Å²) in [7, 11) is 1.88. The van der Waals surface area contributed by atoms with E-state index in [-0.39, 0.29) is 11.8 Å². The van der Waals surface area contributed by atoms with Gasteiger partial charge in [-0.2, -0.15) is 0 Å². The number of nitrogens with zero attached hydrogens (tertiary/aromatic N) is 4. The Hall–Kier alpha value is -3.12. The Morgan fingerprint density at radius 1 is 1.00 bits per heavy atom. The second-order valence-corrected chi connectivity index (χ2v) is 8.26. The fourth-order valence-electron chi connectivity index (χ4n) is 3.83. The zero-order valence-corrected chi connectivity index (χ0v) is 18.1. The van der Waals surface area contributed by atoms with Crippen LogP contribution in [0.3, 0.4) is 0 Å². The lowest BCUT2D eigenvalue weighted by atomic mass is 9.98. The van der Waals surface area contributed by atoms with Crippen LogP contribution in [0, 0.1) is 13.8 Å². The van der Waals surface area contributed by atoms with Gasteiger partial charge in [-0.05, 0) is 31.0 Å². The average Bonchev–Trinajstić information content (AvgIpc) is 3.31. The number of hydrogen-bond acceptors (Lipinski definition) is 4. The number of ketones is 1. The van der Waals surface area contributed by atoms with E-state index in [1.165, 1.54) is 22.9 Å². The SMILES string of the molecule is Cc1cc(C(=O)CSc2nncn2C)c(C)n1C(c1ccccc1)c1ccccc1. The number of benzene rings is 2. The number of carbonyl (C=O) groups is 1. The van der Waals surface area contributed by atoms with Gasteiger partial charge in [-0.3, -0.25) is 4.79 Å². The molecule has 0 radical (unpaired) electrons. The Balaban J connectivity index is 1.70. The molecule has 0 spiro atoms. The molecular formula is C24H24N4OS. The Morgan fingerprint density at radius 2 is 1.60 bits per heavy atom. The second-order valence-electron chi connectivity index (χ2n) is 7.31. The quantitative estimate of drug-likeness (QED) is 0.319. The van der Waals surface area contributed by atoms with Crippen LogP contribution in [0.4, 0.5) is 0 Å². The normalized spacial score (nSPS) is 11.2. The molecule has 0 aliphatic carbocycles. The molecule has 4 rings (SSSR count). The summed E-state index contributed by atoms with van der Waals surface area (Å²) in [5, 5.41) is 8.67. The van der Waals surface area contributed by atoms with Gasteiger partial charge in [0.25, 0.3) is 0 Å². The fourth-order valence-corrected chi connectivity index (χ4v) is 4.60. The summed E-state index contributed by atoms with van der Waals surface area (Å²) < 4.78 is 4.09. The van der Waals surface area contributed by atoms with Gasteiger partial charge in [-0.25, -0.2) is 0 Å². The smallest absolute Gasteiger partial charge is 0.191 e. The number of rotatable bonds is 7. The Kier molecular flexibility index (Phi) is 5.86. The molecule has 2 aromatic carbocycles. The van der Waals surface area contributed by atoms with E-state index < -0.39 is 0 Å². The van der Waals surface area contributed by atoms with Crippen LogP contribution in [-0.2, 0) is 7.05 Å². The molecule has 5 nitrogen and oxygen atoms in total. The zero-order valence-electron chi connectivity index (χ0n) is 17.3. The Morgan fingerprint density at radius 3 is 2.13 bits per heavy atom. The number of carbonyl (C=O) groups excluding carboxylic acids is 1. The summed E-state index contributed by atoms with van der Waals surface area (Å²) in [5.74, 6) is 0.431. The largest absolute Gasteiger partial charge is 0.337 e. The summed E-state index contributed by atoms with van der Waals surface area (Å²) in [5.41, 5.74) is 5.20. The van der Waals surface area contributed by atoms with Crippen LogP contribution < -0.4 is 0 Å². The first kappa shape index (κ1) is 20.2. The van der Waals surface area contributed by atoms with Gasteiger partial charge in [0.15, 0.2) is 10.9 Å². The summed E-state index contributed by atoms with van der Waals surface area (Å²) in [6.07, 6.45) is 1.64. The Labute approximate surface area is 180 Å². The molecule has 0 bridgehead atoms. The second kappa shape index (κ2) is 8.71. The number of aryl methyl sites for hydroxylation is 2. The predicted molar refractivity (Wildman–Crippen MR) is 120 cm³/mol. The highest BCUT2D eigenvalue weighted by atomic mass is 32.2. The Bertz CT molecular complexity index is 1110. The minimum absolute atomic E-state index is 0.0142. The van der Waals surface area contributed by atoms with Crippen molar-refractivity contribution < 1.29 is 4.79 Å². The van der Waals surface area contributed by atoms with Crippen molar-refractivity contribution in [3.8, 4) is 0 Å². The van der Waals surface area contributed by atoms with E-state index in [9.17, 15) is 4.79 Å². The first-order valence-electron chi connectivity index (χ1n) is 9.84. The van der Waals surface area contributed by atoms with Crippen LogP contribution in [-0.4, -0.2) is 30.9 Å². The topological polar surface area (TPSA) is 52.7 Å². The summed E-state index contributed by atoms with van der Waals surface area (Å²) in [6.45, 7) is 4.10. The molecular weight excluding hydrogens is 392 g/mol. The van der Waals surface area contributed by atoms with Gasteiger partial charge >= 0.3 is 0 Å². The molecule has 0 atom stereocenters. The third-order valence-corrected chi connectivity index (χ3v) is 6.31. The van der Waals surface area contributed by atoms with Crippen molar-refractivity contribution in [3.63, 3.8) is 0 Å². The molecule has 0 N–H and O–H groups in total. The molecule has 0 saturated carbocycles. The van der Waals surface area contributed by atoms with E-state index in [0.29, 0.717) is 5.75 Å². The van der Waals surface area contributed by atoms with Crippen molar-refractivity contribution in [3.05, 3.63) is 101 Å². The number of aromatic nitrogens is 4.